The highest BCUT2D eigenvalue weighted by Gasteiger charge is 2.18. The summed E-state index contributed by atoms with van der Waals surface area (Å²) in [6.45, 7) is 0. The number of nitrogens with zero attached hydrogens (tertiary/aromatic N) is 3. The molecule has 0 saturated carbocycles. The Morgan fingerprint density at radius 3 is 2.53 bits per heavy atom. The molecule has 7 heteroatoms. The van der Waals surface area contributed by atoms with Gasteiger partial charge in [0.15, 0.2) is 0 Å². The molecule has 0 aliphatic heterocycles. The van der Waals surface area contributed by atoms with E-state index in [4.69, 9.17) is 38.1 Å². The van der Waals surface area contributed by atoms with E-state index in [0.29, 0.717) is 11.1 Å². The van der Waals surface area contributed by atoms with Crippen LogP contribution in [0.1, 0.15) is 11.3 Å². The van der Waals surface area contributed by atoms with Crippen molar-refractivity contribution < 1.29 is 4.42 Å². The number of nitriles is 2. The van der Waals surface area contributed by atoms with Gasteiger partial charge < -0.3 is 9.73 Å². The van der Waals surface area contributed by atoms with Crippen molar-refractivity contribution in [3.63, 3.8) is 0 Å². The average molecular weight is 293 g/mol. The maximum atomic E-state index is 8.91. The van der Waals surface area contributed by atoms with Gasteiger partial charge in [0.2, 0.25) is 17.5 Å². The molecule has 0 fully saturated rings. The van der Waals surface area contributed by atoms with Crippen molar-refractivity contribution in [1.82, 2.24) is 4.98 Å². The topological polar surface area (TPSA) is 85.6 Å². The summed E-state index contributed by atoms with van der Waals surface area (Å²) in [5.41, 5.74) is 0.794. The molecule has 0 spiro atoms. The predicted octanol–water partition coefficient (Wildman–Crippen LogP) is 3.43. The molecule has 0 aliphatic carbocycles. The summed E-state index contributed by atoms with van der Waals surface area (Å²) >= 11 is 12.0. The molecule has 0 atom stereocenters. The van der Waals surface area contributed by atoms with Gasteiger partial charge in [0.1, 0.15) is 6.07 Å². The average Bonchev–Trinajstić information content (AvgIpc) is 2.84. The Kier molecular flexibility index (Phi) is 3.62. The summed E-state index contributed by atoms with van der Waals surface area (Å²) in [6, 6.07) is 6.80. The van der Waals surface area contributed by atoms with E-state index in [1.807, 2.05) is 12.1 Å². The number of aromatic nitrogens is 1. The number of rotatable bonds is 2. The third-order valence-corrected chi connectivity index (χ3v) is 3.15. The van der Waals surface area contributed by atoms with E-state index < -0.39 is 0 Å². The zero-order valence-corrected chi connectivity index (χ0v) is 11.2. The molecule has 2 aromatic rings. The molecule has 0 saturated heterocycles. The van der Waals surface area contributed by atoms with Gasteiger partial charge in [0.25, 0.3) is 0 Å². The maximum absolute atomic E-state index is 8.91. The van der Waals surface area contributed by atoms with E-state index >= 15 is 0 Å². The molecule has 1 N–H and O–H groups in total. The lowest BCUT2D eigenvalue weighted by Crippen LogP contribution is -1.87. The molecule has 1 heterocycles. The lowest BCUT2D eigenvalue weighted by molar-refractivity contribution is 0.589. The standard InChI is InChI=1S/C12H6Cl2N4O/c1-17-12-9(5-16)18-11(19-12)7-2-6(4-15)3-8(13)10(7)14/h2-3,17H,1H3. The monoisotopic (exact) mass is 292 g/mol. The van der Waals surface area contributed by atoms with Crippen LogP contribution in [-0.2, 0) is 0 Å². The molecule has 5 nitrogen and oxygen atoms in total. The lowest BCUT2D eigenvalue weighted by atomic mass is 10.1. The van der Waals surface area contributed by atoms with E-state index in [0.717, 1.165) is 0 Å². The summed E-state index contributed by atoms with van der Waals surface area (Å²) in [4.78, 5) is 4.00. The molecule has 0 radical (unpaired) electrons. The predicted molar refractivity (Wildman–Crippen MR) is 70.9 cm³/mol. The van der Waals surface area contributed by atoms with Gasteiger partial charge in [-0.25, -0.2) is 0 Å². The number of halogens is 2. The quantitative estimate of drug-likeness (QED) is 0.916. The maximum Gasteiger partial charge on any atom is 0.232 e. The fourth-order valence-electron chi connectivity index (χ4n) is 1.49. The first-order valence-corrected chi connectivity index (χ1v) is 5.84. The van der Waals surface area contributed by atoms with Crippen molar-refractivity contribution in [3.8, 4) is 23.6 Å². The van der Waals surface area contributed by atoms with Gasteiger partial charge in [-0.15, -0.1) is 0 Å². The summed E-state index contributed by atoms with van der Waals surface area (Å²) in [5, 5.41) is 21.0. The molecule has 19 heavy (non-hydrogen) atoms. The highest BCUT2D eigenvalue weighted by Crippen LogP contribution is 2.36. The van der Waals surface area contributed by atoms with Crippen molar-refractivity contribution in [2.45, 2.75) is 0 Å². The Morgan fingerprint density at radius 2 is 2.00 bits per heavy atom. The van der Waals surface area contributed by atoms with Crippen LogP contribution in [0.15, 0.2) is 16.5 Å². The van der Waals surface area contributed by atoms with Crippen LogP contribution in [0.3, 0.4) is 0 Å². The van der Waals surface area contributed by atoms with E-state index in [2.05, 4.69) is 10.3 Å². The van der Waals surface area contributed by atoms with Crippen molar-refractivity contribution in [2.24, 2.45) is 0 Å². The van der Waals surface area contributed by atoms with Gasteiger partial charge in [-0.3, -0.25) is 0 Å². The zero-order valence-electron chi connectivity index (χ0n) is 9.66. The zero-order chi connectivity index (χ0) is 14.0. The van der Waals surface area contributed by atoms with Crippen LogP contribution >= 0.6 is 23.2 Å². The Labute approximate surface area is 119 Å². The highest BCUT2D eigenvalue weighted by molar-refractivity contribution is 6.43. The highest BCUT2D eigenvalue weighted by atomic mass is 35.5. The molecular weight excluding hydrogens is 287 g/mol. The van der Waals surface area contributed by atoms with Crippen LogP contribution in [0, 0.1) is 22.7 Å². The van der Waals surface area contributed by atoms with Crippen LogP contribution in [-0.4, -0.2) is 12.0 Å². The van der Waals surface area contributed by atoms with E-state index in [9.17, 15) is 0 Å². The Hall–Kier alpha value is -2.21. The normalized spacial score (nSPS) is 9.74. The third-order valence-electron chi connectivity index (χ3n) is 2.35. The first-order chi connectivity index (χ1) is 9.10. The van der Waals surface area contributed by atoms with Gasteiger partial charge in [-0.05, 0) is 12.1 Å². The number of hydrogen-bond donors (Lipinski definition) is 1. The molecule has 0 aliphatic rings. The van der Waals surface area contributed by atoms with Gasteiger partial charge in [-0.2, -0.15) is 15.5 Å². The van der Waals surface area contributed by atoms with Gasteiger partial charge in [0, 0.05) is 7.05 Å². The second kappa shape index (κ2) is 5.19. The minimum atomic E-state index is 0.104. The fourth-order valence-corrected chi connectivity index (χ4v) is 1.90. The van der Waals surface area contributed by atoms with Crippen molar-refractivity contribution in [3.05, 3.63) is 33.4 Å². The third kappa shape index (κ3) is 2.34. The number of anilines is 1. The SMILES string of the molecule is CNc1oc(-c2cc(C#N)cc(Cl)c2Cl)nc1C#N. The number of hydrogen-bond acceptors (Lipinski definition) is 5. The Balaban J connectivity index is 2.66. The van der Waals surface area contributed by atoms with Gasteiger partial charge >= 0.3 is 0 Å². The van der Waals surface area contributed by atoms with Crippen LogP contribution in [0.2, 0.25) is 10.0 Å². The van der Waals surface area contributed by atoms with Gasteiger partial charge in [0.05, 0.1) is 27.2 Å². The van der Waals surface area contributed by atoms with E-state index in [-0.39, 0.29) is 27.5 Å². The molecule has 0 amide bonds. The molecule has 1 aromatic carbocycles. The first kappa shape index (κ1) is 13.2. The first-order valence-electron chi connectivity index (χ1n) is 5.09. The number of oxazole rings is 1. The summed E-state index contributed by atoms with van der Waals surface area (Å²) in [6.07, 6.45) is 0. The molecule has 94 valence electrons. The van der Waals surface area contributed by atoms with E-state index in [1.165, 1.54) is 12.1 Å². The van der Waals surface area contributed by atoms with Gasteiger partial charge in [-0.1, -0.05) is 23.2 Å². The van der Waals surface area contributed by atoms with Crippen LogP contribution in [0.25, 0.3) is 11.5 Å². The summed E-state index contributed by atoms with van der Waals surface area (Å²) < 4.78 is 5.38. The Bertz CT molecular complexity index is 725. The van der Waals surface area contributed by atoms with Crippen LogP contribution < -0.4 is 5.32 Å². The number of nitrogens with one attached hydrogen (secondary N) is 1. The minimum absolute atomic E-state index is 0.104. The lowest BCUT2D eigenvalue weighted by Gasteiger charge is -2.02. The van der Waals surface area contributed by atoms with Crippen LogP contribution in [0.4, 0.5) is 5.88 Å². The van der Waals surface area contributed by atoms with E-state index in [1.54, 1.807) is 7.05 Å². The second-order valence-electron chi connectivity index (χ2n) is 3.49. The van der Waals surface area contributed by atoms with Crippen LogP contribution in [0.5, 0.6) is 0 Å². The van der Waals surface area contributed by atoms with Crippen molar-refractivity contribution in [2.75, 3.05) is 12.4 Å². The molecule has 0 bridgehead atoms. The Morgan fingerprint density at radius 1 is 1.26 bits per heavy atom. The molecule has 0 unspecified atom stereocenters. The fraction of sp³-hybridized carbons (Fsp3) is 0.0833. The second-order valence-corrected chi connectivity index (χ2v) is 4.28. The molecular formula is C12H6Cl2N4O. The molecule has 2 rings (SSSR count). The molecule has 1 aromatic heterocycles. The summed E-state index contributed by atoms with van der Waals surface area (Å²) in [7, 11) is 1.60. The smallest absolute Gasteiger partial charge is 0.232 e. The largest absolute Gasteiger partial charge is 0.419 e. The van der Waals surface area contributed by atoms with Crippen molar-refractivity contribution in [1.29, 1.82) is 10.5 Å². The number of benzene rings is 1. The summed E-state index contributed by atoms with van der Waals surface area (Å²) in [5.74, 6) is 0.358. The minimum Gasteiger partial charge on any atom is -0.419 e. The van der Waals surface area contributed by atoms with Crippen molar-refractivity contribution >= 4 is 29.1 Å².